The van der Waals surface area contributed by atoms with Crippen LogP contribution in [0.2, 0.25) is 0 Å². The molecule has 1 aromatic heterocycles. The van der Waals surface area contributed by atoms with Crippen LogP contribution < -0.4 is 15.3 Å². The molecule has 0 radical (unpaired) electrons. The maximum Gasteiger partial charge on any atom is 0.323 e. The Morgan fingerprint density at radius 1 is 1.00 bits per heavy atom. The van der Waals surface area contributed by atoms with Crippen LogP contribution in [0.3, 0.4) is 0 Å². The third-order valence-corrected chi connectivity index (χ3v) is 5.59. The monoisotopic (exact) mass is 442 g/mol. The number of ether oxygens (including phenoxy) is 1. The van der Waals surface area contributed by atoms with Gasteiger partial charge in [0.25, 0.3) is 0 Å². The number of halogens is 1. The van der Waals surface area contributed by atoms with E-state index in [1.165, 1.54) is 11.3 Å². The van der Waals surface area contributed by atoms with Crippen LogP contribution in [0.4, 0.5) is 5.69 Å². The number of rotatable bonds is 6. The van der Waals surface area contributed by atoms with Gasteiger partial charge in [0.05, 0.1) is 12.8 Å². The van der Waals surface area contributed by atoms with Gasteiger partial charge < -0.3 is 19.6 Å². The van der Waals surface area contributed by atoms with Gasteiger partial charge in [-0.1, -0.05) is 18.2 Å². The minimum absolute atomic E-state index is 0. The van der Waals surface area contributed by atoms with E-state index < -0.39 is 0 Å². The SMILES string of the molecule is COc1ccc(C(=O)c2[nH]c(=O)[nH]c2CN2CCN(c3ccccc3C)CC2)cc1.Cl. The van der Waals surface area contributed by atoms with Crippen molar-refractivity contribution < 1.29 is 9.53 Å². The quantitative estimate of drug-likeness (QED) is 0.573. The highest BCUT2D eigenvalue weighted by Crippen LogP contribution is 2.22. The number of hydrogen-bond acceptors (Lipinski definition) is 5. The van der Waals surface area contributed by atoms with E-state index in [9.17, 15) is 9.59 Å². The van der Waals surface area contributed by atoms with Gasteiger partial charge in [-0.15, -0.1) is 12.4 Å². The first kappa shape index (κ1) is 22.7. The van der Waals surface area contributed by atoms with Crippen molar-refractivity contribution in [3.05, 3.63) is 81.5 Å². The zero-order valence-electron chi connectivity index (χ0n) is 17.7. The molecule has 4 rings (SSSR count). The van der Waals surface area contributed by atoms with Gasteiger partial charge in [0.2, 0.25) is 5.78 Å². The fourth-order valence-electron chi connectivity index (χ4n) is 3.91. The number of benzene rings is 2. The molecular formula is C23H27ClN4O3. The summed E-state index contributed by atoms with van der Waals surface area (Å²) in [6.45, 7) is 6.18. The molecule has 3 aromatic rings. The third kappa shape index (κ3) is 5.00. The van der Waals surface area contributed by atoms with Gasteiger partial charge in [0.1, 0.15) is 11.4 Å². The van der Waals surface area contributed by atoms with Gasteiger partial charge in [-0.2, -0.15) is 0 Å². The van der Waals surface area contributed by atoms with Crippen molar-refractivity contribution in [2.24, 2.45) is 0 Å². The molecule has 2 heterocycles. The van der Waals surface area contributed by atoms with Crippen LogP contribution in [0.15, 0.2) is 53.3 Å². The Labute approximate surface area is 187 Å². The Morgan fingerprint density at radius 2 is 1.68 bits per heavy atom. The van der Waals surface area contributed by atoms with Crippen molar-refractivity contribution in [2.75, 3.05) is 38.2 Å². The first-order valence-electron chi connectivity index (χ1n) is 10.1. The highest BCUT2D eigenvalue weighted by Gasteiger charge is 2.23. The summed E-state index contributed by atoms with van der Waals surface area (Å²) in [6, 6.07) is 15.3. The lowest BCUT2D eigenvalue weighted by molar-refractivity contribution is 0.103. The normalized spacial score (nSPS) is 14.2. The standard InChI is InChI=1S/C23H26N4O3.ClH/c1-16-5-3-4-6-20(16)27-13-11-26(12-14-27)15-19-21(25-23(29)24-19)22(28)17-7-9-18(30-2)10-8-17;/h3-10H,11-15H2,1-2H3,(H2,24,25,29);1H. The molecular weight excluding hydrogens is 416 g/mol. The van der Waals surface area contributed by atoms with Crippen molar-refractivity contribution in [2.45, 2.75) is 13.5 Å². The molecule has 0 bridgehead atoms. The average Bonchev–Trinajstić information content (AvgIpc) is 3.14. The van der Waals surface area contributed by atoms with Gasteiger partial charge >= 0.3 is 5.69 Å². The molecule has 0 atom stereocenters. The van der Waals surface area contributed by atoms with E-state index in [1.54, 1.807) is 31.4 Å². The van der Waals surface area contributed by atoms with E-state index in [-0.39, 0.29) is 23.9 Å². The van der Waals surface area contributed by atoms with Crippen molar-refractivity contribution in [3.8, 4) is 5.75 Å². The predicted molar refractivity (Wildman–Crippen MR) is 124 cm³/mol. The number of imidazole rings is 1. The van der Waals surface area contributed by atoms with Crippen molar-refractivity contribution in [1.82, 2.24) is 14.9 Å². The van der Waals surface area contributed by atoms with Crippen LogP contribution in [0.1, 0.15) is 27.3 Å². The largest absolute Gasteiger partial charge is 0.497 e. The van der Waals surface area contributed by atoms with Gasteiger partial charge in [-0.3, -0.25) is 9.69 Å². The van der Waals surface area contributed by atoms with Crippen LogP contribution in [0.25, 0.3) is 0 Å². The molecule has 8 heteroatoms. The number of piperazine rings is 1. The van der Waals surface area contributed by atoms with Crippen LogP contribution in [-0.2, 0) is 6.54 Å². The van der Waals surface area contributed by atoms with E-state index in [4.69, 9.17) is 4.74 Å². The summed E-state index contributed by atoms with van der Waals surface area (Å²) in [5.74, 6) is 0.477. The lowest BCUT2D eigenvalue weighted by atomic mass is 10.1. The van der Waals surface area contributed by atoms with Crippen LogP contribution in [0, 0.1) is 6.92 Å². The van der Waals surface area contributed by atoms with Crippen LogP contribution >= 0.6 is 12.4 Å². The summed E-state index contributed by atoms with van der Waals surface area (Å²) in [7, 11) is 1.58. The molecule has 1 aliphatic rings. The third-order valence-electron chi connectivity index (χ3n) is 5.59. The fraction of sp³-hybridized carbons (Fsp3) is 0.304. The van der Waals surface area contributed by atoms with Gasteiger partial charge in [0, 0.05) is 44.0 Å². The highest BCUT2D eigenvalue weighted by atomic mass is 35.5. The number of anilines is 1. The Morgan fingerprint density at radius 3 is 2.32 bits per heavy atom. The molecule has 1 saturated heterocycles. The second-order valence-corrected chi connectivity index (χ2v) is 7.54. The minimum Gasteiger partial charge on any atom is -0.497 e. The van der Waals surface area contributed by atoms with Gasteiger partial charge in [0.15, 0.2) is 0 Å². The molecule has 1 fully saturated rings. The molecule has 164 valence electrons. The zero-order chi connectivity index (χ0) is 21.1. The Balaban J connectivity index is 0.00000272. The van der Waals surface area contributed by atoms with Crippen molar-refractivity contribution >= 4 is 23.9 Å². The summed E-state index contributed by atoms with van der Waals surface area (Å²) < 4.78 is 5.15. The Hall–Kier alpha value is -3.03. The number of carbonyl (C=O) groups is 1. The number of aryl methyl sites for hydroxylation is 1. The molecule has 0 spiro atoms. The van der Waals surface area contributed by atoms with Crippen LogP contribution in [0.5, 0.6) is 5.75 Å². The molecule has 0 aliphatic carbocycles. The number of methoxy groups -OCH3 is 1. The summed E-state index contributed by atoms with van der Waals surface area (Å²) in [4.78, 5) is 35.0. The lowest BCUT2D eigenvalue weighted by Crippen LogP contribution is -2.46. The van der Waals surface area contributed by atoms with E-state index in [0.29, 0.717) is 29.2 Å². The second kappa shape index (κ2) is 9.85. The van der Waals surface area contributed by atoms with Gasteiger partial charge in [-0.05, 0) is 42.8 Å². The van der Waals surface area contributed by atoms with Crippen molar-refractivity contribution in [3.63, 3.8) is 0 Å². The predicted octanol–water partition coefficient (Wildman–Crippen LogP) is 3.00. The Kier molecular flexibility index (Phi) is 7.20. The summed E-state index contributed by atoms with van der Waals surface area (Å²) in [5.41, 5.74) is 3.64. The number of aromatic amines is 2. The summed E-state index contributed by atoms with van der Waals surface area (Å²) >= 11 is 0. The molecule has 1 aliphatic heterocycles. The first-order valence-corrected chi connectivity index (χ1v) is 10.1. The molecule has 2 N–H and O–H groups in total. The summed E-state index contributed by atoms with van der Waals surface area (Å²) in [6.07, 6.45) is 0. The number of ketones is 1. The number of para-hydroxylation sites is 1. The molecule has 31 heavy (non-hydrogen) atoms. The number of aromatic nitrogens is 2. The maximum absolute atomic E-state index is 12.9. The second-order valence-electron chi connectivity index (χ2n) is 7.54. The molecule has 7 nitrogen and oxygen atoms in total. The van der Waals surface area contributed by atoms with E-state index in [2.05, 4.69) is 51.0 Å². The maximum atomic E-state index is 12.9. The Bertz CT molecular complexity index is 1080. The van der Waals surface area contributed by atoms with Crippen LogP contribution in [-0.4, -0.2) is 53.9 Å². The molecule has 0 unspecified atom stereocenters. The molecule has 0 saturated carbocycles. The lowest BCUT2D eigenvalue weighted by Gasteiger charge is -2.36. The molecule has 0 amide bonds. The zero-order valence-corrected chi connectivity index (χ0v) is 18.5. The summed E-state index contributed by atoms with van der Waals surface area (Å²) in [5, 5.41) is 0. The molecule has 2 aromatic carbocycles. The highest BCUT2D eigenvalue weighted by molar-refractivity contribution is 6.08. The average molecular weight is 443 g/mol. The number of hydrogen-bond donors (Lipinski definition) is 2. The number of nitrogens with one attached hydrogen (secondary N) is 2. The fourth-order valence-corrected chi connectivity index (χ4v) is 3.91. The van der Waals surface area contributed by atoms with Gasteiger partial charge in [-0.25, -0.2) is 4.79 Å². The minimum atomic E-state index is -0.361. The van der Waals surface area contributed by atoms with E-state index in [0.717, 1.165) is 26.2 Å². The number of H-pyrrole nitrogens is 2. The smallest absolute Gasteiger partial charge is 0.323 e. The van der Waals surface area contributed by atoms with E-state index >= 15 is 0 Å². The number of nitrogens with zero attached hydrogens (tertiary/aromatic N) is 2. The topological polar surface area (TPSA) is 81.4 Å². The van der Waals surface area contributed by atoms with Crippen molar-refractivity contribution in [1.29, 1.82) is 0 Å². The van der Waals surface area contributed by atoms with E-state index in [1.807, 2.05) is 0 Å². The number of carbonyl (C=O) groups excluding carboxylic acids is 1. The first-order chi connectivity index (χ1) is 14.5.